The Labute approximate surface area is 110 Å². The highest BCUT2D eigenvalue weighted by molar-refractivity contribution is 5.90. The maximum Gasteiger partial charge on any atom is 0.335 e. The van der Waals surface area contributed by atoms with E-state index in [9.17, 15) is 4.79 Å². The van der Waals surface area contributed by atoms with Crippen molar-refractivity contribution in [1.82, 2.24) is 9.55 Å². The zero-order valence-corrected chi connectivity index (χ0v) is 10.6. The quantitative estimate of drug-likeness (QED) is 0.711. The third kappa shape index (κ3) is 3.25. The fraction of sp³-hybridized carbons (Fsp3) is 0.231. The number of carboxylic acid groups (broad SMARTS) is 1. The summed E-state index contributed by atoms with van der Waals surface area (Å²) in [6.45, 7) is 2.71. The summed E-state index contributed by atoms with van der Waals surface area (Å²) in [5.74, 6) is -0.967. The number of carbonyl (C=O) groups is 1. The summed E-state index contributed by atoms with van der Waals surface area (Å²) in [6.07, 6.45) is 5.32. The minimum absolute atomic E-state index is 0.0977. The van der Waals surface area contributed by atoms with E-state index in [0.29, 0.717) is 11.4 Å². The lowest BCUT2D eigenvalue weighted by Gasteiger charge is -2.17. The molecule has 0 radical (unpaired) electrons. The van der Waals surface area contributed by atoms with Crippen LogP contribution in [0.4, 0.5) is 11.4 Å². The van der Waals surface area contributed by atoms with E-state index < -0.39 is 5.97 Å². The van der Waals surface area contributed by atoms with Gasteiger partial charge in [-0.25, -0.2) is 9.78 Å². The van der Waals surface area contributed by atoms with E-state index in [4.69, 9.17) is 10.8 Å². The highest BCUT2D eigenvalue weighted by Gasteiger charge is 2.09. The number of imidazole rings is 1. The molecular weight excluding hydrogens is 244 g/mol. The van der Waals surface area contributed by atoms with Crippen LogP contribution in [-0.4, -0.2) is 26.7 Å². The third-order valence-electron chi connectivity index (χ3n) is 2.75. The van der Waals surface area contributed by atoms with E-state index >= 15 is 0 Å². The molecule has 0 aliphatic heterocycles. The Hall–Kier alpha value is -2.50. The normalized spacial score (nSPS) is 12.1. The second kappa shape index (κ2) is 5.43. The van der Waals surface area contributed by atoms with Crippen LogP contribution in [0, 0.1) is 0 Å². The molecule has 1 aromatic heterocycles. The van der Waals surface area contributed by atoms with Gasteiger partial charge in [0.05, 0.1) is 23.3 Å². The molecule has 0 aliphatic rings. The third-order valence-corrected chi connectivity index (χ3v) is 2.75. The van der Waals surface area contributed by atoms with E-state index in [0.717, 1.165) is 6.54 Å². The SMILES string of the molecule is CC(Cn1ccnc1)Nc1cc(C(=O)O)ccc1N. The predicted octanol–water partition coefficient (Wildman–Crippen LogP) is 1.66. The number of aromatic nitrogens is 2. The van der Waals surface area contributed by atoms with Crippen LogP contribution in [0.15, 0.2) is 36.9 Å². The maximum absolute atomic E-state index is 10.9. The molecule has 0 fully saturated rings. The van der Waals surface area contributed by atoms with Crippen molar-refractivity contribution in [2.24, 2.45) is 0 Å². The zero-order valence-electron chi connectivity index (χ0n) is 10.6. The van der Waals surface area contributed by atoms with Crippen molar-refractivity contribution >= 4 is 17.3 Å². The standard InChI is InChI=1S/C13H16N4O2/c1-9(7-17-5-4-15-8-17)16-12-6-10(13(18)19)2-3-11(12)14/h2-6,8-9,16H,7,14H2,1H3,(H,18,19). The summed E-state index contributed by atoms with van der Waals surface area (Å²) >= 11 is 0. The number of anilines is 2. The molecule has 0 saturated carbocycles. The minimum atomic E-state index is -0.967. The van der Waals surface area contributed by atoms with Gasteiger partial charge in [-0.15, -0.1) is 0 Å². The summed E-state index contributed by atoms with van der Waals surface area (Å²) in [5, 5.41) is 12.2. The topological polar surface area (TPSA) is 93.2 Å². The average Bonchev–Trinajstić information content (AvgIpc) is 2.84. The molecule has 4 N–H and O–H groups in total. The summed E-state index contributed by atoms with van der Waals surface area (Å²) in [7, 11) is 0. The van der Waals surface area contributed by atoms with Gasteiger partial charge < -0.3 is 20.7 Å². The molecule has 2 aromatic rings. The number of nitrogen functional groups attached to an aromatic ring is 1. The Morgan fingerprint density at radius 3 is 3.00 bits per heavy atom. The fourth-order valence-electron chi connectivity index (χ4n) is 1.84. The molecule has 0 bridgehead atoms. The average molecular weight is 260 g/mol. The van der Waals surface area contributed by atoms with E-state index in [-0.39, 0.29) is 11.6 Å². The van der Waals surface area contributed by atoms with Gasteiger partial charge in [-0.2, -0.15) is 0 Å². The first kappa shape index (κ1) is 12.9. The first-order chi connectivity index (χ1) is 9.06. The number of rotatable bonds is 5. The summed E-state index contributed by atoms with van der Waals surface area (Å²) < 4.78 is 1.94. The molecule has 1 heterocycles. The maximum atomic E-state index is 10.9. The minimum Gasteiger partial charge on any atom is -0.478 e. The molecule has 1 unspecified atom stereocenters. The van der Waals surface area contributed by atoms with Crippen LogP contribution >= 0.6 is 0 Å². The van der Waals surface area contributed by atoms with E-state index in [1.54, 1.807) is 24.7 Å². The lowest BCUT2D eigenvalue weighted by molar-refractivity contribution is 0.0697. The molecule has 100 valence electrons. The second-order valence-electron chi connectivity index (χ2n) is 4.41. The highest BCUT2D eigenvalue weighted by atomic mass is 16.4. The Kier molecular flexibility index (Phi) is 3.70. The van der Waals surface area contributed by atoms with Gasteiger partial charge in [0, 0.05) is 25.0 Å². The second-order valence-corrected chi connectivity index (χ2v) is 4.41. The number of nitrogens with one attached hydrogen (secondary N) is 1. The van der Waals surface area contributed by atoms with Crippen LogP contribution in [0.25, 0.3) is 0 Å². The van der Waals surface area contributed by atoms with Gasteiger partial charge in [-0.3, -0.25) is 0 Å². The molecule has 6 nitrogen and oxygen atoms in total. The van der Waals surface area contributed by atoms with Crippen molar-refractivity contribution in [2.45, 2.75) is 19.5 Å². The van der Waals surface area contributed by atoms with Gasteiger partial charge in [0.15, 0.2) is 0 Å². The van der Waals surface area contributed by atoms with Gasteiger partial charge in [0.25, 0.3) is 0 Å². The number of aromatic carboxylic acids is 1. The van der Waals surface area contributed by atoms with Gasteiger partial charge in [-0.1, -0.05) is 0 Å². The Bertz CT molecular complexity index is 566. The fourth-order valence-corrected chi connectivity index (χ4v) is 1.84. The van der Waals surface area contributed by atoms with Crippen molar-refractivity contribution in [3.63, 3.8) is 0 Å². The van der Waals surface area contributed by atoms with Gasteiger partial charge in [-0.05, 0) is 25.1 Å². The van der Waals surface area contributed by atoms with Crippen molar-refractivity contribution < 1.29 is 9.90 Å². The number of benzene rings is 1. The van der Waals surface area contributed by atoms with Gasteiger partial charge in [0.2, 0.25) is 0 Å². The predicted molar refractivity (Wildman–Crippen MR) is 73.1 cm³/mol. The van der Waals surface area contributed by atoms with Crippen LogP contribution < -0.4 is 11.1 Å². The highest BCUT2D eigenvalue weighted by Crippen LogP contribution is 2.21. The van der Waals surface area contributed by atoms with Crippen molar-refractivity contribution in [2.75, 3.05) is 11.1 Å². The number of carboxylic acids is 1. The van der Waals surface area contributed by atoms with Crippen LogP contribution in [-0.2, 0) is 6.54 Å². The largest absolute Gasteiger partial charge is 0.478 e. The molecule has 19 heavy (non-hydrogen) atoms. The molecule has 0 aliphatic carbocycles. The first-order valence-corrected chi connectivity index (χ1v) is 5.91. The molecule has 1 atom stereocenters. The molecule has 2 rings (SSSR count). The van der Waals surface area contributed by atoms with Crippen LogP contribution in [0.2, 0.25) is 0 Å². The molecular formula is C13H16N4O2. The van der Waals surface area contributed by atoms with Gasteiger partial charge in [0.1, 0.15) is 0 Å². The first-order valence-electron chi connectivity index (χ1n) is 5.91. The molecule has 0 spiro atoms. The summed E-state index contributed by atoms with van der Waals surface area (Å²) in [5.41, 5.74) is 7.21. The Morgan fingerprint density at radius 1 is 1.58 bits per heavy atom. The van der Waals surface area contributed by atoms with E-state index in [1.165, 1.54) is 6.07 Å². The van der Waals surface area contributed by atoms with Crippen molar-refractivity contribution in [3.8, 4) is 0 Å². The smallest absolute Gasteiger partial charge is 0.335 e. The van der Waals surface area contributed by atoms with E-state index in [1.807, 2.05) is 17.7 Å². The zero-order chi connectivity index (χ0) is 13.8. The molecule has 0 saturated heterocycles. The number of nitrogens with two attached hydrogens (primary N) is 1. The lowest BCUT2D eigenvalue weighted by atomic mass is 10.1. The Balaban J connectivity index is 2.09. The number of hydrogen-bond acceptors (Lipinski definition) is 4. The van der Waals surface area contributed by atoms with Crippen LogP contribution in [0.1, 0.15) is 17.3 Å². The lowest BCUT2D eigenvalue weighted by Crippen LogP contribution is -2.22. The van der Waals surface area contributed by atoms with Crippen molar-refractivity contribution in [1.29, 1.82) is 0 Å². The van der Waals surface area contributed by atoms with Gasteiger partial charge >= 0.3 is 5.97 Å². The molecule has 0 amide bonds. The summed E-state index contributed by atoms with van der Waals surface area (Å²) in [6, 6.07) is 4.72. The Morgan fingerprint density at radius 2 is 2.37 bits per heavy atom. The van der Waals surface area contributed by atoms with Crippen LogP contribution in [0.3, 0.4) is 0 Å². The number of nitrogens with zero attached hydrogens (tertiary/aromatic N) is 2. The molecule has 1 aromatic carbocycles. The monoisotopic (exact) mass is 260 g/mol. The summed E-state index contributed by atoms with van der Waals surface area (Å²) in [4.78, 5) is 14.9. The van der Waals surface area contributed by atoms with Crippen LogP contribution in [0.5, 0.6) is 0 Å². The number of hydrogen-bond donors (Lipinski definition) is 3. The van der Waals surface area contributed by atoms with E-state index in [2.05, 4.69) is 10.3 Å². The molecule has 6 heteroatoms. The van der Waals surface area contributed by atoms with Crippen molar-refractivity contribution in [3.05, 3.63) is 42.5 Å².